The Morgan fingerprint density at radius 2 is 1.79 bits per heavy atom. The van der Waals surface area contributed by atoms with Crippen LogP contribution >= 0.6 is 23.4 Å². The molecule has 0 radical (unpaired) electrons. The summed E-state index contributed by atoms with van der Waals surface area (Å²) >= 11 is 7.21. The van der Waals surface area contributed by atoms with E-state index in [-0.39, 0.29) is 5.69 Å². The average Bonchev–Trinajstić information content (AvgIpc) is 3.13. The normalized spacial score (nSPS) is 10.6. The molecule has 6 nitrogen and oxygen atoms in total. The van der Waals surface area contributed by atoms with Gasteiger partial charge in [-0.2, -0.15) is 5.26 Å². The van der Waals surface area contributed by atoms with Gasteiger partial charge in [0, 0.05) is 10.7 Å². The Morgan fingerprint density at radius 1 is 1.00 bits per heavy atom. The molecule has 0 aliphatic carbocycles. The highest BCUT2D eigenvalue weighted by atomic mass is 35.5. The zero-order valence-corrected chi connectivity index (χ0v) is 15.7. The molecule has 136 valence electrons. The van der Waals surface area contributed by atoms with Crippen molar-refractivity contribution in [1.82, 2.24) is 24.7 Å². The molecular formula is C19H10ClFN6S. The van der Waals surface area contributed by atoms with Crippen LogP contribution in [0.4, 0.5) is 4.39 Å². The van der Waals surface area contributed by atoms with Crippen LogP contribution in [0.1, 0.15) is 5.69 Å². The molecule has 28 heavy (non-hydrogen) atoms. The van der Waals surface area contributed by atoms with Gasteiger partial charge >= 0.3 is 0 Å². The number of hydrogen-bond acceptors (Lipinski definition) is 6. The smallest absolute Gasteiger partial charge is 0.202 e. The predicted molar refractivity (Wildman–Crippen MR) is 103 cm³/mol. The Hall–Kier alpha value is -3.28. The van der Waals surface area contributed by atoms with Gasteiger partial charge in [-0.05, 0) is 48.2 Å². The van der Waals surface area contributed by atoms with Crippen LogP contribution < -0.4 is 0 Å². The van der Waals surface area contributed by atoms with Crippen molar-refractivity contribution in [3.05, 3.63) is 77.5 Å². The molecule has 4 rings (SSSR count). The second kappa shape index (κ2) is 7.76. The first-order valence-corrected chi connectivity index (χ1v) is 9.21. The van der Waals surface area contributed by atoms with E-state index in [1.165, 1.54) is 30.2 Å². The topological polar surface area (TPSA) is 80.3 Å². The molecule has 0 atom stereocenters. The number of benzene rings is 2. The van der Waals surface area contributed by atoms with Crippen LogP contribution in [0.5, 0.6) is 0 Å². The van der Waals surface area contributed by atoms with Crippen LogP contribution in [0.15, 0.2) is 71.1 Å². The molecule has 0 bridgehead atoms. The fourth-order valence-electron chi connectivity index (χ4n) is 2.50. The lowest BCUT2D eigenvalue weighted by Gasteiger charge is -2.10. The minimum absolute atomic E-state index is 0.218. The Bertz CT molecular complexity index is 1170. The second-order valence-corrected chi connectivity index (χ2v) is 6.98. The van der Waals surface area contributed by atoms with E-state index in [0.717, 1.165) is 5.69 Å². The van der Waals surface area contributed by atoms with Gasteiger partial charge in [0.25, 0.3) is 0 Å². The molecule has 0 spiro atoms. The number of rotatable bonds is 4. The first kappa shape index (κ1) is 18.1. The van der Waals surface area contributed by atoms with Crippen LogP contribution in [0, 0.1) is 17.1 Å². The lowest BCUT2D eigenvalue weighted by molar-refractivity contribution is 0.629. The Labute approximate surface area is 168 Å². The monoisotopic (exact) mass is 408 g/mol. The van der Waals surface area contributed by atoms with E-state index in [2.05, 4.69) is 20.2 Å². The summed E-state index contributed by atoms with van der Waals surface area (Å²) in [6.45, 7) is 0. The molecule has 4 aromatic rings. The summed E-state index contributed by atoms with van der Waals surface area (Å²) in [4.78, 5) is 8.20. The number of aromatic nitrogens is 5. The highest BCUT2D eigenvalue weighted by molar-refractivity contribution is 7.99. The molecule has 0 aliphatic rings. The second-order valence-electron chi connectivity index (χ2n) is 5.55. The highest BCUT2D eigenvalue weighted by Gasteiger charge is 2.19. The summed E-state index contributed by atoms with van der Waals surface area (Å²) in [5.41, 5.74) is 1.26. The maximum Gasteiger partial charge on any atom is 0.202 e. The van der Waals surface area contributed by atoms with Crippen molar-refractivity contribution in [2.24, 2.45) is 0 Å². The van der Waals surface area contributed by atoms with Crippen LogP contribution in [-0.4, -0.2) is 24.7 Å². The van der Waals surface area contributed by atoms with Gasteiger partial charge in [-0.25, -0.2) is 14.4 Å². The number of halogens is 2. The van der Waals surface area contributed by atoms with Crippen LogP contribution in [0.25, 0.3) is 17.1 Å². The van der Waals surface area contributed by atoms with Gasteiger partial charge in [-0.15, -0.1) is 10.2 Å². The molecule has 0 fully saturated rings. The van der Waals surface area contributed by atoms with Gasteiger partial charge in [-0.1, -0.05) is 23.7 Å². The minimum atomic E-state index is -0.403. The van der Waals surface area contributed by atoms with E-state index >= 15 is 0 Å². The molecule has 2 heterocycles. The van der Waals surface area contributed by atoms with Crippen molar-refractivity contribution >= 4 is 23.4 Å². The van der Waals surface area contributed by atoms with Crippen molar-refractivity contribution in [3.8, 4) is 23.1 Å². The third-order valence-corrected chi connectivity index (χ3v) is 4.89. The van der Waals surface area contributed by atoms with E-state index in [1.807, 2.05) is 6.07 Å². The molecule has 9 heteroatoms. The van der Waals surface area contributed by atoms with Crippen molar-refractivity contribution in [2.75, 3.05) is 0 Å². The molecule has 0 saturated carbocycles. The molecule has 0 unspecified atom stereocenters. The summed E-state index contributed by atoms with van der Waals surface area (Å²) in [5.74, 6) is -0.0515. The molecule has 2 aromatic heterocycles. The van der Waals surface area contributed by atoms with Crippen LogP contribution in [0.2, 0.25) is 5.02 Å². The van der Waals surface area contributed by atoms with E-state index in [9.17, 15) is 4.39 Å². The summed E-state index contributed by atoms with van der Waals surface area (Å²) in [5, 5.41) is 18.8. The highest BCUT2D eigenvalue weighted by Crippen LogP contribution is 2.32. The molecular weight excluding hydrogens is 399 g/mol. The molecule has 0 aliphatic heterocycles. The fraction of sp³-hybridized carbons (Fsp3) is 0. The largest absolute Gasteiger partial charge is 0.270 e. The van der Waals surface area contributed by atoms with Gasteiger partial charge in [0.05, 0.1) is 18.0 Å². The molecule has 0 amide bonds. The Kier molecular flexibility index (Phi) is 5.02. The van der Waals surface area contributed by atoms with Crippen molar-refractivity contribution < 1.29 is 4.39 Å². The van der Waals surface area contributed by atoms with Crippen LogP contribution in [-0.2, 0) is 0 Å². The van der Waals surface area contributed by atoms with Crippen LogP contribution in [0.3, 0.4) is 0 Å². The van der Waals surface area contributed by atoms with Crippen molar-refractivity contribution in [1.29, 1.82) is 5.26 Å². The van der Waals surface area contributed by atoms with E-state index in [4.69, 9.17) is 16.9 Å². The Balaban J connectivity index is 1.83. The quantitative estimate of drug-likeness (QED) is 0.493. The van der Waals surface area contributed by atoms with E-state index < -0.39 is 5.82 Å². The SMILES string of the molecule is N#Cc1cnc(Sc2nnc(-c3ccccc3F)n2-c2ccc(Cl)cc2)cn1. The lowest BCUT2D eigenvalue weighted by Crippen LogP contribution is -2.01. The van der Waals surface area contributed by atoms with E-state index in [1.54, 1.807) is 47.0 Å². The number of nitriles is 1. The zero-order chi connectivity index (χ0) is 19.5. The van der Waals surface area contributed by atoms with Gasteiger partial charge < -0.3 is 0 Å². The summed E-state index contributed by atoms with van der Waals surface area (Å²) < 4.78 is 16.1. The van der Waals surface area contributed by atoms with Crippen molar-refractivity contribution in [2.45, 2.75) is 10.2 Å². The van der Waals surface area contributed by atoms with Gasteiger partial charge in [0.15, 0.2) is 11.5 Å². The summed E-state index contributed by atoms with van der Waals surface area (Å²) in [6, 6.07) is 15.3. The van der Waals surface area contributed by atoms with Gasteiger partial charge in [0.1, 0.15) is 16.9 Å². The maximum atomic E-state index is 14.4. The summed E-state index contributed by atoms with van der Waals surface area (Å²) in [7, 11) is 0. The number of hydrogen-bond donors (Lipinski definition) is 0. The minimum Gasteiger partial charge on any atom is -0.270 e. The number of nitrogens with zero attached hydrogens (tertiary/aromatic N) is 6. The van der Waals surface area contributed by atoms with E-state index in [0.29, 0.717) is 26.6 Å². The van der Waals surface area contributed by atoms with Gasteiger partial charge in [0.2, 0.25) is 5.16 Å². The molecule has 0 saturated heterocycles. The zero-order valence-electron chi connectivity index (χ0n) is 14.1. The van der Waals surface area contributed by atoms with Gasteiger partial charge in [-0.3, -0.25) is 4.57 Å². The molecule has 0 N–H and O–H groups in total. The summed E-state index contributed by atoms with van der Waals surface area (Å²) in [6.07, 6.45) is 2.86. The maximum absolute atomic E-state index is 14.4. The fourth-order valence-corrected chi connectivity index (χ4v) is 3.38. The first-order chi connectivity index (χ1) is 13.7. The third-order valence-electron chi connectivity index (χ3n) is 3.77. The lowest BCUT2D eigenvalue weighted by atomic mass is 10.2. The third kappa shape index (κ3) is 3.58. The standard InChI is InChI=1S/C19H10ClFN6S/c20-12-5-7-14(8-6-12)27-18(15-3-1-2-4-16(15)21)25-26-19(27)28-17-11-23-13(9-22)10-24-17/h1-8,10-11H. The predicted octanol–water partition coefficient (Wildman–Crippen LogP) is 4.54. The first-order valence-electron chi connectivity index (χ1n) is 8.02. The Morgan fingerprint density at radius 3 is 2.46 bits per heavy atom. The molecule has 2 aromatic carbocycles. The van der Waals surface area contributed by atoms with Crippen molar-refractivity contribution in [3.63, 3.8) is 0 Å². The average molecular weight is 409 g/mol.